The Balaban J connectivity index is 0.00000144. The van der Waals surface area contributed by atoms with Gasteiger partial charge in [0.15, 0.2) is 8.32 Å². The van der Waals surface area contributed by atoms with Gasteiger partial charge >= 0.3 is 18.9 Å². The van der Waals surface area contributed by atoms with Gasteiger partial charge in [-0.05, 0) is 26.1 Å². The molecule has 0 aliphatic carbocycles. The van der Waals surface area contributed by atoms with Crippen LogP contribution in [0.2, 0.25) is 19.6 Å². The molecule has 0 bridgehead atoms. The molecule has 0 aliphatic rings. The van der Waals surface area contributed by atoms with Crippen molar-refractivity contribution in [2.45, 2.75) is 26.1 Å². The summed E-state index contributed by atoms with van der Waals surface area (Å²) in [5, 5.41) is 2.71. The van der Waals surface area contributed by atoms with Gasteiger partial charge in [-0.15, -0.1) is 40.6 Å². The molecular weight excluding hydrogens is 219 g/mol. The number of fused-ring (bicyclic) bond motifs is 1. The van der Waals surface area contributed by atoms with Crippen molar-refractivity contribution >= 4 is 19.1 Å². The molecule has 2 rings (SSSR count). The molecule has 0 aliphatic heterocycles. The predicted octanol–water partition coefficient (Wildman–Crippen LogP) is 0.957. The van der Waals surface area contributed by atoms with Gasteiger partial charge in [0, 0.05) is 6.61 Å². The Labute approximate surface area is 117 Å². The van der Waals surface area contributed by atoms with Gasteiger partial charge in [0.1, 0.15) is 0 Å². The van der Waals surface area contributed by atoms with Gasteiger partial charge in [-0.1, -0.05) is 6.07 Å². The van der Waals surface area contributed by atoms with Crippen LogP contribution in [0.5, 0.6) is 0 Å². The number of rotatable bonds is 4. The fraction of sp³-hybridized carbons (Fsp3) is 0.357. The summed E-state index contributed by atoms with van der Waals surface area (Å²) in [5.74, 6) is 0. The van der Waals surface area contributed by atoms with Crippen molar-refractivity contribution < 1.29 is 23.3 Å². The van der Waals surface area contributed by atoms with E-state index in [0.717, 1.165) is 13.0 Å². The van der Waals surface area contributed by atoms with Gasteiger partial charge in [-0.25, -0.2) is 0 Å². The van der Waals surface area contributed by atoms with E-state index in [4.69, 9.17) is 4.43 Å². The molecular formula is C14H19LiOSi. The van der Waals surface area contributed by atoms with E-state index in [1.807, 2.05) is 0 Å². The molecule has 2 aromatic rings. The Bertz CT molecular complexity index is 470. The van der Waals surface area contributed by atoms with Crippen molar-refractivity contribution in [1.29, 1.82) is 0 Å². The first-order chi connectivity index (χ1) is 7.56. The van der Waals surface area contributed by atoms with E-state index in [0.29, 0.717) is 0 Å². The Morgan fingerprint density at radius 1 is 1.12 bits per heavy atom. The molecule has 0 fully saturated rings. The third kappa shape index (κ3) is 4.08. The van der Waals surface area contributed by atoms with Crippen molar-refractivity contribution in [1.82, 2.24) is 0 Å². The third-order valence-electron chi connectivity index (χ3n) is 2.68. The molecule has 0 heterocycles. The van der Waals surface area contributed by atoms with E-state index >= 15 is 0 Å². The minimum absolute atomic E-state index is 0. The second-order valence-corrected chi connectivity index (χ2v) is 9.67. The monoisotopic (exact) mass is 238 g/mol. The Morgan fingerprint density at radius 2 is 1.82 bits per heavy atom. The predicted molar refractivity (Wildman–Crippen MR) is 72.5 cm³/mol. The van der Waals surface area contributed by atoms with Crippen molar-refractivity contribution in [2.75, 3.05) is 6.61 Å². The molecule has 86 valence electrons. The summed E-state index contributed by atoms with van der Waals surface area (Å²) in [7, 11) is -1.36. The molecule has 0 atom stereocenters. The summed E-state index contributed by atoms with van der Waals surface area (Å²) in [4.78, 5) is 0. The summed E-state index contributed by atoms with van der Waals surface area (Å²) in [5.41, 5.74) is 1.41. The summed E-state index contributed by atoms with van der Waals surface area (Å²) in [6.07, 6.45) is 1.03. The largest absolute Gasteiger partial charge is 1.00 e. The average molecular weight is 238 g/mol. The smallest absolute Gasteiger partial charge is 0.418 e. The van der Waals surface area contributed by atoms with E-state index in [1.54, 1.807) is 0 Å². The van der Waals surface area contributed by atoms with Crippen LogP contribution in [-0.4, -0.2) is 14.9 Å². The van der Waals surface area contributed by atoms with Gasteiger partial charge in [0.05, 0.1) is 0 Å². The quantitative estimate of drug-likeness (QED) is 0.569. The fourth-order valence-electron chi connectivity index (χ4n) is 1.90. The minimum Gasteiger partial charge on any atom is -0.418 e. The maximum Gasteiger partial charge on any atom is 1.00 e. The Morgan fingerprint density at radius 3 is 2.53 bits per heavy atom. The maximum absolute atomic E-state index is 5.89. The third-order valence-corrected chi connectivity index (χ3v) is 3.75. The molecule has 0 unspecified atom stereocenters. The number of hydrogen-bond donors (Lipinski definition) is 0. The zero-order valence-electron chi connectivity index (χ0n) is 11.3. The van der Waals surface area contributed by atoms with Gasteiger partial charge in [-0.3, -0.25) is 0 Å². The summed E-state index contributed by atoms with van der Waals surface area (Å²) >= 11 is 0. The van der Waals surface area contributed by atoms with Crippen molar-refractivity contribution in [3.05, 3.63) is 42.0 Å². The van der Waals surface area contributed by atoms with Crippen molar-refractivity contribution in [3.63, 3.8) is 0 Å². The van der Waals surface area contributed by atoms with Crippen molar-refractivity contribution in [2.24, 2.45) is 0 Å². The van der Waals surface area contributed by atoms with Gasteiger partial charge < -0.3 is 4.43 Å². The SMILES string of the molecule is C[Si](C)(C)OCC[c-]1ccc2ccccc21.[Li+]. The Kier molecular flexibility index (Phi) is 5.15. The average Bonchev–Trinajstić information content (AvgIpc) is 2.60. The molecule has 2 aromatic carbocycles. The second-order valence-electron chi connectivity index (χ2n) is 5.16. The van der Waals surface area contributed by atoms with E-state index < -0.39 is 8.32 Å². The first-order valence-corrected chi connectivity index (χ1v) is 9.24. The standard InChI is InChI=1S/C14H19OSi.Li/c1-16(2,3)15-11-10-13-9-8-12-6-4-5-7-14(12)13;/h4-9H,10-11H2,1-3H3;/q-1;+1. The van der Waals surface area contributed by atoms with Crippen LogP contribution >= 0.6 is 0 Å². The van der Waals surface area contributed by atoms with Crippen molar-refractivity contribution in [3.8, 4) is 0 Å². The molecule has 0 saturated carbocycles. The molecule has 1 nitrogen and oxygen atoms in total. The van der Waals surface area contributed by atoms with E-state index in [9.17, 15) is 0 Å². The molecule has 3 heteroatoms. The van der Waals surface area contributed by atoms with Crippen LogP contribution in [0.1, 0.15) is 5.56 Å². The van der Waals surface area contributed by atoms with Gasteiger partial charge in [0.25, 0.3) is 0 Å². The zero-order valence-corrected chi connectivity index (χ0v) is 12.3. The van der Waals surface area contributed by atoms with Crippen LogP contribution < -0.4 is 18.9 Å². The van der Waals surface area contributed by atoms with Crippen LogP contribution in [0.25, 0.3) is 10.8 Å². The molecule has 17 heavy (non-hydrogen) atoms. The van der Waals surface area contributed by atoms with E-state index in [2.05, 4.69) is 56.0 Å². The summed E-state index contributed by atoms with van der Waals surface area (Å²) in [6, 6.07) is 13.0. The van der Waals surface area contributed by atoms with Gasteiger partial charge in [0.2, 0.25) is 0 Å². The first kappa shape index (κ1) is 14.7. The van der Waals surface area contributed by atoms with E-state index in [-0.39, 0.29) is 18.9 Å². The topological polar surface area (TPSA) is 9.23 Å². The molecule has 0 saturated heterocycles. The molecule has 0 spiro atoms. The van der Waals surface area contributed by atoms with Crippen LogP contribution in [0.15, 0.2) is 36.4 Å². The van der Waals surface area contributed by atoms with Gasteiger partial charge in [-0.2, -0.15) is 6.07 Å². The minimum atomic E-state index is -1.36. The van der Waals surface area contributed by atoms with Crippen LogP contribution in [0, 0.1) is 0 Å². The second kappa shape index (κ2) is 5.97. The molecule has 0 N–H and O–H groups in total. The number of benzene rings is 1. The van der Waals surface area contributed by atoms with E-state index in [1.165, 1.54) is 16.3 Å². The summed E-state index contributed by atoms with van der Waals surface area (Å²) in [6.45, 7) is 7.55. The Hall–Kier alpha value is -0.396. The first-order valence-electron chi connectivity index (χ1n) is 5.83. The van der Waals surface area contributed by atoms with Crippen LogP contribution in [-0.2, 0) is 10.8 Å². The molecule has 0 amide bonds. The zero-order chi connectivity index (χ0) is 11.6. The molecule has 0 radical (unpaired) electrons. The normalized spacial score (nSPS) is 11.5. The molecule has 0 aromatic heterocycles. The van der Waals surface area contributed by atoms with Crippen LogP contribution in [0.4, 0.5) is 0 Å². The fourth-order valence-corrected chi connectivity index (χ4v) is 2.61. The maximum atomic E-state index is 5.89. The summed E-state index contributed by atoms with van der Waals surface area (Å²) < 4.78 is 5.89. The number of hydrogen-bond acceptors (Lipinski definition) is 1. The van der Waals surface area contributed by atoms with Crippen LogP contribution in [0.3, 0.4) is 0 Å².